The highest BCUT2D eigenvalue weighted by Crippen LogP contribution is 2.15. The van der Waals surface area contributed by atoms with E-state index in [1.54, 1.807) is 0 Å². The minimum atomic E-state index is -1.95. The molecule has 0 heterocycles. The highest BCUT2D eigenvalue weighted by atomic mass is 16.5. The van der Waals surface area contributed by atoms with E-state index in [0.29, 0.717) is 0 Å². The lowest BCUT2D eigenvalue weighted by Crippen LogP contribution is -2.61. The topological polar surface area (TPSA) is 133 Å². The van der Waals surface area contributed by atoms with E-state index in [-0.39, 0.29) is 13.0 Å². The minimum absolute atomic E-state index is 0.160. The van der Waals surface area contributed by atoms with E-state index >= 15 is 0 Å². The van der Waals surface area contributed by atoms with E-state index in [9.17, 15) is 5.11 Å². The van der Waals surface area contributed by atoms with Gasteiger partial charge in [0.25, 0.3) is 0 Å². The Balaban J connectivity index is 4.30. The Labute approximate surface area is 76.8 Å². The number of hydrogen-bond acceptors (Lipinski definition) is 6. The Morgan fingerprint density at radius 3 is 2.08 bits per heavy atom. The molecule has 8 N–H and O–H groups in total. The molecule has 0 rings (SSSR count). The van der Waals surface area contributed by atoms with Crippen LogP contribution in [-0.2, 0) is 0 Å². The second-order valence-corrected chi connectivity index (χ2v) is 3.30. The molecule has 0 spiro atoms. The van der Waals surface area contributed by atoms with E-state index in [4.69, 9.17) is 26.8 Å². The molecule has 3 unspecified atom stereocenters. The third-order valence-electron chi connectivity index (χ3n) is 2.12. The van der Waals surface area contributed by atoms with Crippen LogP contribution in [0.2, 0.25) is 0 Å². The van der Waals surface area contributed by atoms with E-state index in [0.717, 1.165) is 0 Å². The van der Waals surface area contributed by atoms with Crippen LogP contribution in [0, 0.1) is 0 Å². The van der Waals surface area contributed by atoms with Gasteiger partial charge in [0.1, 0.15) is 5.60 Å². The van der Waals surface area contributed by atoms with Gasteiger partial charge >= 0.3 is 0 Å². The first-order valence-electron chi connectivity index (χ1n) is 4.04. The van der Waals surface area contributed by atoms with Crippen molar-refractivity contribution in [1.82, 2.24) is 0 Å². The van der Waals surface area contributed by atoms with Crippen LogP contribution in [-0.4, -0.2) is 51.0 Å². The van der Waals surface area contributed by atoms with Gasteiger partial charge in [0.2, 0.25) is 0 Å². The van der Waals surface area contributed by atoms with Crippen LogP contribution in [0.4, 0.5) is 0 Å². The number of aliphatic hydroxyl groups is 4. The van der Waals surface area contributed by atoms with E-state index < -0.39 is 24.0 Å². The van der Waals surface area contributed by atoms with Gasteiger partial charge in [0, 0.05) is 12.6 Å². The fourth-order valence-electron chi connectivity index (χ4n) is 0.934. The molecule has 0 aliphatic heterocycles. The Kier molecular flexibility index (Phi) is 4.76. The zero-order valence-electron chi connectivity index (χ0n) is 7.59. The summed E-state index contributed by atoms with van der Waals surface area (Å²) in [7, 11) is 0. The zero-order chi connectivity index (χ0) is 10.6. The molecular formula is C7H18N2O4. The first-order chi connectivity index (χ1) is 5.84. The van der Waals surface area contributed by atoms with Crippen molar-refractivity contribution in [3.63, 3.8) is 0 Å². The summed E-state index contributed by atoms with van der Waals surface area (Å²) in [4.78, 5) is 0. The molecule has 0 aromatic rings. The standard InChI is InChI=1S/C7H18N2O4/c1-7(13,6(11)12)5(9)4(8)2-3-10/h4-6,10-13H,2-3,8-9H2,1H3. The molecule has 0 saturated carbocycles. The second kappa shape index (κ2) is 4.85. The largest absolute Gasteiger partial charge is 0.396 e. The van der Waals surface area contributed by atoms with Crippen molar-refractivity contribution >= 4 is 0 Å². The molecule has 0 amide bonds. The summed E-state index contributed by atoms with van der Waals surface area (Å²) in [5.74, 6) is 0. The van der Waals surface area contributed by atoms with Gasteiger partial charge in [-0.1, -0.05) is 0 Å². The molecule has 0 bridgehead atoms. The Hall–Kier alpha value is -0.240. The second-order valence-electron chi connectivity index (χ2n) is 3.30. The van der Waals surface area contributed by atoms with Crippen LogP contribution in [0.1, 0.15) is 13.3 Å². The molecule has 0 saturated heterocycles. The molecule has 13 heavy (non-hydrogen) atoms. The maximum absolute atomic E-state index is 9.47. The fourth-order valence-corrected chi connectivity index (χ4v) is 0.934. The van der Waals surface area contributed by atoms with Gasteiger partial charge < -0.3 is 31.9 Å². The first kappa shape index (κ1) is 12.8. The Bertz CT molecular complexity index is 151. The lowest BCUT2D eigenvalue weighted by Gasteiger charge is -2.34. The number of nitrogens with two attached hydrogens (primary N) is 2. The monoisotopic (exact) mass is 194 g/mol. The summed E-state index contributed by atoms with van der Waals surface area (Å²) in [6.45, 7) is 1.02. The molecule has 0 aliphatic rings. The summed E-state index contributed by atoms with van der Waals surface area (Å²) in [5, 5.41) is 35.6. The predicted molar refractivity (Wildman–Crippen MR) is 46.5 cm³/mol. The summed E-state index contributed by atoms with van der Waals surface area (Å²) >= 11 is 0. The van der Waals surface area contributed by atoms with Gasteiger partial charge in [0.15, 0.2) is 6.29 Å². The SMILES string of the molecule is CC(O)(C(O)O)C(N)C(N)CCO. The van der Waals surface area contributed by atoms with E-state index in [2.05, 4.69) is 0 Å². The van der Waals surface area contributed by atoms with Gasteiger partial charge in [-0.3, -0.25) is 0 Å². The maximum Gasteiger partial charge on any atom is 0.182 e. The van der Waals surface area contributed by atoms with E-state index in [1.807, 2.05) is 0 Å². The molecule has 6 nitrogen and oxygen atoms in total. The zero-order valence-corrected chi connectivity index (χ0v) is 7.59. The molecule has 6 heteroatoms. The Morgan fingerprint density at radius 1 is 1.31 bits per heavy atom. The number of hydrogen-bond donors (Lipinski definition) is 6. The molecule has 0 aliphatic carbocycles. The van der Waals surface area contributed by atoms with Crippen LogP contribution < -0.4 is 11.5 Å². The third-order valence-corrected chi connectivity index (χ3v) is 2.12. The van der Waals surface area contributed by atoms with Crippen molar-refractivity contribution < 1.29 is 20.4 Å². The van der Waals surface area contributed by atoms with Crippen molar-refractivity contribution in [3.05, 3.63) is 0 Å². The molecule has 0 radical (unpaired) electrons. The lowest BCUT2D eigenvalue weighted by molar-refractivity contribution is -0.186. The van der Waals surface area contributed by atoms with Crippen molar-refractivity contribution in [1.29, 1.82) is 0 Å². The number of aliphatic hydroxyl groups excluding tert-OH is 2. The van der Waals surface area contributed by atoms with Gasteiger partial charge in [-0.2, -0.15) is 0 Å². The van der Waals surface area contributed by atoms with Crippen LogP contribution >= 0.6 is 0 Å². The van der Waals surface area contributed by atoms with Gasteiger partial charge in [-0.15, -0.1) is 0 Å². The molecule has 0 aromatic heterocycles. The predicted octanol–water partition coefficient (Wildman–Crippen LogP) is -2.91. The summed E-state index contributed by atoms with van der Waals surface area (Å²) in [6, 6.07) is -1.68. The van der Waals surface area contributed by atoms with Crippen molar-refractivity contribution in [2.24, 2.45) is 11.5 Å². The van der Waals surface area contributed by atoms with Crippen LogP contribution in [0.5, 0.6) is 0 Å². The molecule has 0 fully saturated rings. The first-order valence-corrected chi connectivity index (χ1v) is 4.04. The quantitative estimate of drug-likeness (QED) is 0.260. The van der Waals surface area contributed by atoms with Gasteiger partial charge in [0.05, 0.1) is 6.04 Å². The third kappa shape index (κ3) is 3.18. The van der Waals surface area contributed by atoms with Gasteiger partial charge in [-0.05, 0) is 13.3 Å². The van der Waals surface area contributed by atoms with Crippen molar-refractivity contribution in [3.8, 4) is 0 Å². The summed E-state index contributed by atoms with van der Waals surface area (Å²) in [5.41, 5.74) is 9.09. The molecule has 0 aromatic carbocycles. The van der Waals surface area contributed by atoms with E-state index in [1.165, 1.54) is 6.92 Å². The number of rotatable bonds is 5. The fraction of sp³-hybridized carbons (Fsp3) is 1.00. The van der Waals surface area contributed by atoms with Gasteiger partial charge in [-0.25, -0.2) is 0 Å². The summed E-state index contributed by atoms with van der Waals surface area (Å²) < 4.78 is 0. The molecular weight excluding hydrogens is 176 g/mol. The normalized spacial score (nSPS) is 21.2. The van der Waals surface area contributed by atoms with Crippen LogP contribution in [0.3, 0.4) is 0 Å². The smallest absolute Gasteiger partial charge is 0.182 e. The maximum atomic E-state index is 9.47. The van der Waals surface area contributed by atoms with Crippen molar-refractivity contribution in [2.45, 2.75) is 37.3 Å². The average Bonchev–Trinajstić information content (AvgIpc) is 2.03. The summed E-state index contributed by atoms with van der Waals surface area (Å²) in [6.07, 6.45) is -1.75. The van der Waals surface area contributed by atoms with Crippen LogP contribution in [0.15, 0.2) is 0 Å². The molecule has 3 atom stereocenters. The lowest BCUT2D eigenvalue weighted by atomic mass is 9.89. The average molecular weight is 194 g/mol. The van der Waals surface area contributed by atoms with Crippen molar-refractivity contribution in [2.75, 3.05) is 6.61 Å². The Morgan fingerprint density at radius 2 is 1.77 bits per heavy atom. The molecule has 80 valence electrons. The highest BCUT2D eigenvalue weighted by molar-refractivity contribution is 4.93. The highest BCUT2D eigenvalue weighted by Gasteiger charge is 2.38. The van der Waals surface area contributed by atoms with Crippen LogP contribution in [0.25, 0.3) is 0 Å². The minimum Gasteiger partial charge on any atom is -0.396 e.